The van der Waals surface area contributed by atoms with Crippen molar-refractivity contribution in [2.24, 2.45) is 0 Å². The number of aromatic nitrogens is 3. The van der Waals surface area contributed by atoms with Gasteiger partial charge >= 0.3 is 0 Å². The van der Waals surface area contributed by atoms with Gasteiger partial charge in [-0.3, -0.25) is 9.59 Å². The van der Waals surface area contributed by atoms with Crippen LogP contribution in [0.3, 0.4) is 0 Å². The summed E-state index contributed by atoms with van der Waals surface area (Å²) in [5.74, 6) is -0.117. The van der Waals surface area contributed by atoms with Gasteiger partial charge in [0.15, 0.2) is 5.65 Å². The summed E-state index contributed by atoms with van der Waals surface area (Å²) in [6, 6.07) is 8.90. The largest absolute Gasteiger partial charge is 0.335 e. The maximum Gasteiger partial charge on any atom is 0.255 e. The molecule has 0 N–H and O–H groups in total. The molecule has 1 fully saturated rings. The van der Waals surface area contributed by atoms with E-state index < -0.39 is 0 Å². The SMILES string of the molecule is CC(C)n1ncc2cc(C(=O)N3CCN(C(=O)c4ccc(Cl)cc4)CC3)cnc21. The molecule has 1 aliphatic heterocycles. The molecule has 2 amide bonds. The van der Waals surface area contributed by atoms with E-state index in [1.807, 2.05) is 24.6 Å². The van der Waals surface area contributed by atoms with E-state index >= 15 is 0 Å². The Hall–Kier alpha value is -2.93. The molecule has 1 saturated heterocycles. The number of hydrogen-bond acceptors (Lipinski definition) is 4. The number of amides is 2. The molecule has 7 nitrogen and oxygen atoms in total. The highest BCUT2D eigenvalue weighted by atomic mass is 35.5. The normalized spacial score (nSPS) is 14.6. The second kappa shape index (κ2) is 7.83. The number of carbonyl (C=O) groups is 2. The molecule has 3 heterocycles. The van der Waals surface area contributed by atoms with Crippen molar-refractivity contribution in [1.29, 1.82) is 0 Å². The van der Waals surface area contributed by atoms with Crippen LogP contribution in [0.2, 0.25) is 5.02 Å². The Morgan fingerprint density at radius 3 is 2.10 bits per heavy atom. The zero-order chi connectivity index (χ0) is 20.5. The molecule has 4 rings (SSSR count). The molecule has 2 aromatic heterocycles. The van der Waals surface area contributed by atoms with E-state index in [1.165, 1.54) is 0 Å². The predicted molar refractivity (Wildman–Crippen MR) is 111 cm³/mol. The van der Waals surface area contributed by atoms with Crippen molar-refractivity contribution in [2.45, 2.75) is 19.9 Å². The number of benzene rings is 1. The first-order chi connectivity index (χ1) is 13.9. The summed E-state index contributed by atoms with van der Waals surface area (Å²) in [7, 11) is 0. The summed E-state index contributed by atoms with van der Waals surface area (Å²) in [5.41, 5.74) is 1.92. The molecule has 0 unspecified atom stereocenters. The average molecular weight is 412 g/mol. The van der Waals surface area contributed by atoms with Gasteiger partial charge in [0.05, 0.1) is 11.8 Å². The first kappa shape index (κ1) is 19.4. The Balaban J connectivity index is 1.43. The first-order valence-electron chi connectivity index (χ1n) is 9.61. The van der Waals surface area contributed by atoms with Gasteiger partial charge in [-0.05, 0) is 44.2 Å². The summed E-state index contributed by atoms with van der Waals surface area (Å²) < 4.78 is 1.84. The van der Waals surface area contributed by atoms with Crippen molar-refractivity contribution in [2.75, 3.05) is 26.2 Å². The number of piperazine rings is 1. The van der Waals surface area contributed by atoms with E-state index in [1.54, 1.807) is 46.5 Å². The highest BCUT2D eigenvalue weighted by Gasteiger charge is 2.26. The maximum atomic E-state index is 12.9. The first-order valence-corrected chi connectivity index (χ1v) is 9.99. The van der Waals surface area contributed by atoms with E-state index in [-0.39, 0.29) is 17.9 Å². The molecule has 1 aliphatic rings. The fraction of sp³-hybridized carbons (Fsp3) is 0.333. The highest BCUT2D eigenvalue weighted by Crippen LogP contribution is 2.19. The van der Waals surface area contributed by atoms with Gasteiger partial charge in [-0.2, -0.15) is 5.10 Å². The van der Waals surface area contributed by atoms with Gasteiger partial charge in [0, 0.05) is 54.4 Å². The second-order valence-corrected chi connectivity index (χ2v) is 7.85. The van der Waals surface area contributed by atoms with Crippen molar-refractivity contribution < 1.29 is 9.59 Å². The third kappa shape index (κ3) is 3.82. The minimum Gasteiger partial charge on any atom is -0.335 e. The Morgan fingerprint density at radius 1 is 0.931 bits per heavy atom. The molecule has 0 spiro atoms. The van der Waals surface area contributed by atoms with Gasteiger partial charge in [-0.15, -0.1) is 0 Å². The highest BCUT2D eigenvalue weighted by molar-refractivity contribution is 6.30. The fourth-order valence-electron chi connectivity index (χ4n) is 3.51. The third-order valence-corrected chi connectivity index (χ3v) is 5.37. The molecule has 0 radical (unpaired) electrons. The van der Waals surface area contributed by atoms with Crippen molar-refractivity contribution >= 4 is 34.4 Å². The summed E-state index contributed by atoms with van der Waals surface area (Å²) in [4.78, 5) is 33.5. The van der Waals surface area contributed by atoms with Crippen molar-refractivity contribution in [3.8, 4) is 0 Å². The summed E-state index contributed by atoms with van der Waals surface area (Å²) >= 11 is 5.89. The predicted octanol–water partition coefficient (Wildman–Crippen LogP) is 3.26. The minimum atomic E-state index is -0.0738. The van der Waals surface area contributed by atoms with Crippen molar-refractivity contribution in [1.82, 2.24) is 24.6 Å². The van der Waals surface area contributed by atoms with E-state index in [0.29, 0.717) is 42.3 Å². The molecule has 29 heavy (non-hydrogen) atoms. The molecule has 0 bridgehead atoms. The molecule has 150 valence electrons. The lowest BCUT2D eigenvalue weighted by molar-refractivity contribution is 0.0535. The standard InChI is InChI=1S/C21H22ClN5O2/c1-14(2)27-19-16(13-24-27)11-17(12-23-19)21(29)26-9-7-25(8-10-26)20(28)15-3-5-18(22)6-4-15/h3-6,11-14H,7-10H2,1-2H3. The van der Waals surface area contributed by atoms with Crippen LogP contribution in [0.5, 0.6) is 0 Å². The second-order valence-electron chi connectivity index (χ2n) is 7.41. The van der Waals surface area contributed by atoms with Gasteiger partial charge in [0.25, 0.3) is 11.8 Å². The molecule has 0 saturated carbocycles. The van der Waals surface area contributed by atoms with Crippen LogP contribution in [0.4, 0.5) is 0 Å². The number of fused-ring (bicyclic) bond motifs is 1. The van der Waals surface area contributed by atoms with Crippen molar-refractivity contribution in [3.05, 3.63) is 58.9 Å². The van der Waals surface area contributed by atoms with Crippen LogP contribution < -0.4 is 0 Å². The van der Waals surface area contributed by atoms with Crippen LogP contribution in [-0.2, 0) is 0 Å². The Bertz CT molecular complexity index is 1050. The van der Waals surface area contributed by atoms with E-state index in [4.69, 9.17) is 11.6 Å². The van der Waals surface area contributed by atoms with Crippen LogP contribution in [0.1, 0.15) is 40.6 Å². The van der Waals surface area contributed by atoms with E-state index in [9.17, 15) is 9.59 Å². The average Bonchev–Trinajstić information content (AvgIpc) is 3.17. The quantitative estimate of drug-likeness (QED) is 0.663. The molecule has 8 heteroatoms. The number of halogens is 1. The lowest BCUT2D eigenvalue weighted by Gasteiger charge is -2.34. The molecule has 3 aromatic rings. The number of carbonyl (C=O) groups excluding carboxylic acids is 2. The summed E-state index contributed by atoms with van der Waals surface area (Å²) in [6.07, 6.45) is 3.35. The van der Waals surface area contributed by atoms with Crippen LogP contribution in [-0.4, -0.2) is 62.6 Å². The fourth-order valence-corrected chi connectivity index (χ4v) is 3.63. The number of rotatable bonds is 3. The topological polar surface area (TPSA) is 71.3 Å². The zero-order valence-electron chi connectivity index (χ0n) is 16.4. The Kier molecular flexibility index (Phi) is 5.24. The Labute approximate surface area is 173 Å². The lowest BCUT2D eigenvalue weighted by Crippen LogP contribution is -2.50. The summed E-state index contributed by atoms with van der Waals surface area (Å²) in [5, 5.41) is 5.80. The monoisotopic (exact) mass is 411 g/mol. The van der Waals surface area contributed by atoms with Gasteiger partial charge in [-0.25, -0.2) is 9.67 Å². The maximum absolute atomic E-state index is 12.9. The zero-order valence-corrected chi connectivity index (χ0v) is 17.1. The lowest BCUT2D eigenvalue weighted by atomic mass is 10.1. The van der Waals surface area contributed by atoms with Gasteiger partial charge < -0.3 is 9.80 Å². The number of hydrogen-bond donors (Lipinski definition) is 0. The third-order valence-electron chi connectivity index (χ3n) is 5.11. The van der Waals surface area contributed by atoms with Crippen LogP contribution in [0.25, 0.3) is 11.0 Å². The van der Waals surface area contributed by atoms with Crippen molar-refractivity contribution in [3.63, 3.8) is 0 Å². The molecular weight excluding hydrogens is 390 g/mol. The number of pyridine rings is 1. The van der Waals surface area contributed by atoms with Gasteiger partial charge in [-0.1, -0.05) is 11.6 Å². The number of nitrogens with zero attached hydrogens (tertiary/aromatic N) is 5. The van der Waals surface area contributed by atoms with Gasteiger partial charge in [0.2, 0.25) is 0 Å². The van der Waals surface area contributed by atoms with E-state index in [2.05, 4.69) is 10.1 Å². The van der Waals surface area contributed by atoms with Gasteiger partial charge in [0.1, 0.15) is 0 Å². The molecule has 1 aromatic carbocycles. The Morgan fingerprint density at radius 2 is 1.52 bits per heavy atom. The smallest absolute Gasteiger partial charge is 0.255 e. The minimum absolute atomic E-state index is 0.0436. The van der Waals surface area contributed by atoms with Crippen LogP contribution in [0.15, 0.2) is 42.7 Å². The molecule has 0 aliphatic carbocycles. The van der Waals surface area contributed by atoms with Crippen LogP contribution in [0, 0.1) is 0 Å². The van der Waals surface area contributed by atoms with Crippen LogP contribution >= 0.6 is 11.6 Å². The molecular formula is C21H22ClN5O2. The molecule has 0 atom stereocenters. The summed E-state index contributed by atoms with van der Waals surface area (Å²) in [6.45, 7) is 6.04. The van der Waals surface area contributed by atoms with E-state index in [0.717, 1.165) is 11.0 Å².